The van der Waals surface area contributed by atoms with Crippen LogP contribution in [-0.2, 0) is 0 Å². The molecule has 2 aromatic rings. The Morgan fingerprint density at radius 1 is 1.42 bits per heavy atom. The highest BCUT2D eigenvalue weighted by molar-refractivity contribution is 7.13. The second-order valence-electron chi connectivity index (χ2n) is 2.74. The summed E-state index contributed by atoms with van der Waals surface area (Å²) in [5, 5.41) is 2.07. The average molecular weight is 177 g/mol. The Labute approximate surface area is 75.7 Å². The van der Waals surface area contributed by atoms with E-state index in [1.165, 1.54) is 10.4 Å². The summed E-state index contributed by atoms with van der Waals surface area (Å²) in [5.74, 6) is 1.78. The molecule has 0 atom stereocenters. The van der Waals surface area contributed by atoms with Crippen LogP contribution in [0.2, 0.25) is 0 Å². The van der Waals surface area contributed by atoms with Gasteiger partial charge in [-0.25, -0.2) is 0 Å². The second-order valence-corrected chi connectivity index (χ2v) is 3.66. The zero-order valence-electron chi connectivity index (χ0n) is 7.05. The number of aryl methyl sites for hydroxylation is 2. The molecule has 2 rings (SSSR count). The molecule has 0 spiro atoms. The number of hydrogen-bond donors (Lipinski definition) is 0. The van der Waals surface area contributed by atoms with Gasteiger partial charge in [-0.15, -0.1) is 11.3 Å². The van der Waals surface area contributed by atoms with Gasteiger partial charge in [-0.2, -0.15) is 0 Å². The van der Waals surface area contributed by atoms with Gasteiger partial charge in [0.1, 0.15) is 11.5 Å². The number of furan rings is 1. The van der Waals surface area contributed by atoms with Crippen molar-refractivity contribution in [1.29, 1.82) is 0 Å². The molecule has 2 heteroatoms. The van der Waals surface area contributed by atoms with Crippen LogP contribution in [0.1, 0.15) is 11.3 Å². The molecule has 0 fully saturated rings. The van der Waals surface area contributed by atoms with Crippen LogP contribution in [0.15, 0.2) is 21.9 Å². The predicted molar refractivity (Wildman–Crippen MR) is 50.3 cm³/mol. The molecular formula is C10H9OS. The first kappa shape index (κ1) is 7.62. The van der Waals surface area contributed by atoms with Gasteiger partial charge in [0.15, 0.2) is 0 Å². The van der Waals surface area contributed by atoms with Crippen molar-refractivity contribution in [2.45, 2.75) is 13.8 Å². The molecule has 0 N–H and O–H groups in total. The van der Waals surface area contributed by atoms with E-state index in [9.17, 15) is 0 Å². The molecule has 0 aromatic carbocycles. The fourth-order valence-corrected chi connectivity index (χ4v) is 2.01. The molecule has 2 aromatic heterocycles. The Bertz CT molecular complexity index is 384. The van der Waals surface area contributed by atoms with Gasteiger partial charge in [0.2, 0.25) is 0 Å². The van der Waals surface area contributed by atoms with Gasteiger partial charge in [0, 0.05) is 6.07 Å². The van der Waals surface area contributed by atoms with Gasteiger partial charge < -0.3 is 4.42 Å². The minimum Gasteiger partial charge on any atom is -0.460 e. The van der Waals surface area contributed by atoms with Gasteiger partial charge in [-0.05, 0) is 36.9 Å². The van der Waals surface area contributed by atoms with Crippen molar-refractivity contribution in [3.63, 3.8) is 0 Å². The summed E-state index contributed by atoms with van der Waals surface area (Å²) < 4.78 is 5.46. The van der Waals surface area contributed by atoms with Gasteiger partial charge in [0.05, 0.1) is 4.88 Å². The number of rotatable bonds is 1. The molecule has 0 aliphatic heterocycles. The molecule has 1 radical (unpaired) electrons. The average Bonchev–Trinajstić information content (AvgIpc) is 2.58. The molecular weight excluding hydrogens is 168 g/mol. The first-order valence-electron chi connectivity index (χ1n) is 3.80. The van der Waals surface area contributed by atoms with Gasteiger partial charge in [-0.3, -0.25) is 0 Å². The fourth-order valence-electron chi connectivity index (χ4n) is 1.13. The summed E-state index contributed by atoms with van der Waals surface area (Å²) in [6.45, 7) is 4.00. The summed E-state index contributed by atoms with van der Waals surface area (Å²) >= 11 is 1.70. The summed E-state index contributed by atoms with van der Waals surface area (Å²) in [4.78, 5) is 1.21. The van der Waals surface area contributed by atoms with E-state index in [1.807, 2.05) is 13.0 Å². The monoisotopic (exact) mass is 177 g/mol. The van der Waals surface area contributed by atoms with Crippen molar-refractivity contribution in [3.05, 3.63) is 34.9 Å². The van der Waals surface area contributed by atoms with E-state index in [-0.39, 0.29) is 0 Å². The first-order valence-corrected chi connectivity index (χ1v) is 4.68. The maximum atomic E-state index is 5.46. The molecule has 1 nitrogen and oxygen atoms in total. The van der Waals surface area contributed by atoms with Crippen LogP contribution in [0.5, 0.6) is 0 Å². The number of thiophene rings is 1. The van der Waals surface area contributed by atoms with Crippen molar-refractivity contribution < 1.29 is 4.42 Å². The minimum absolute atomic E-state index is 0.845. The Hall–Kier alpha value is -1.02. The van der Waals surface area contributed by atoms with E-state index >= 15 is 0 Å². The first-order chi connectivity index (χ1) is 5.77. The lowest BCUT2D eigenvalue weighted by Gasteiger charge is -1.92. The van der Waals surface area contributed by atoms with Crippen LogP contribution in [0.4, 0.5) is 0 Å². The van der Waals surface area contributed by atoms with E-state index in [2.05, 4.69) is 24.4 Å². The molecule has 0 saturated carbocycles. The highest BCUT2D eigenvalue weighted by Gasteiger charge is 2.06. The van der Waals surface area contributed by atoms with Crippen molar-refractivity contribution in [2.24, 2.45) is 0 Å². The third-order valence-corrected chi connectivity index (χ3v) is 2.79. The quantitative estimate of drug-likeness (QED) is 0.650. The fraction of sp³-hybridized carbons (Fsp3) is 0.200. The third-order valence-electron chi connectivity index (χ3n) is 1.76. The van der Waals surface area contributed by atoms with Crippen LogP contribution in [0, 0.1) is 19.9 Å². The van der Waals surface area contributed by atoms with Crippen LogP contribution in [0.25, 0.3) is 10.6 Å². The van der Waals surface area contributed by atoms with Crippen molar-refractivity contribution in [2.75, 3.05) is 0 Å². The lowest BCUT2D eigenvalue weighted by atomic mass is 10.2. The largest absolute Gasteiger partial charge is 0.460 e. The second kappa shape index (κ2) is 2.79. The Kier molecular flexibility index (Phi) is 1.77. The zero-order chi connectivity index (χ0) is 8.55. The van der Waals surface area contributed by atoms with Crippen molar-refractivity contribution in [1.82, 2.24) is 0 Å². The maximum absolute atomic E-state index is 5.46. The lowest BCUT2D eigenvalue weighted by molar-refractivity contribution is 0.548. The van der Waals surface area contributed by atoms with E-state index in [0.717, 1.165) is 11.5 Å². The van der Waals surface area contributed by atoms with Crippen LogP contribution >= 0.6 is 11.3 Å². The summed E-state index contributed by atoms with van der Waals surface area (Å²) in [7, 11) is 0. The Morgan fingerprint density at radius 3 is 2.75 bits per heavy atom. The smallest absolute Gasteiger partial charge is 0.145 e. The summed E-state index contributed by atoms with van der Waals surface area (Å²) in [5.41, 5.74) is 1.27. The highest BCUT2D eigenvalue weighted by Crippen LogP contribution is 2.29. The molecule has 12 heavy (non-hydrogen) atoms. The molecule has 0 unspecified atom stereocenters. The topological polar surface area (TPSA) is 13.1 Å². The highest BCUT2D eigenvalue weighted by atomic mass is 32.1. The van der Waals surface area contributed by atoms with Gasteiger partial charge >= 0.3 is 0 Å². The molecule has 2 heterocycles. The summed E-state index contributed by atoms with van der Waals surface area (Å²) in [6.07, 6.45) is 0. The standard InChI is InChI=1S/C10H9OS/c1-7-5-6-12-10(7)9-4-3-8(2)11-9/h4-6H,1-2H3. The van der Waals surface area contributed by atoms with Gasteiger partial charge in [-0.1, -0.05) is 0 Å². The normalized spacial score (nSPS) is 10.5. The lowest BCUT2D eigenvalue weighted by Crippen LogP contribution is -1.68. The van der Waals surface area contributed by atoms with E-state index in [4.69, 9.17) is 4.42 Å². The van der Waals surface area contributed by atoms with E-state index < -0.39 is 0 Å². The molecule has 0 bridgehead atoms. The third kappa shape index (κ3) is 1.18. The molecule has 61 valence electrons. The zero-order valence-corrected chi connectivity index (χ0v) is 7.87. The van der Waals surface area contributed by atoms with Crippen LogP contribution in [0.3, 0.4) is 0 Å². The minimum atomic E-state index is 0.845. The molecule has 0 amide bonds. The van der Waals surface area contributed by atoms with Crippen molar-refractivity contribution >= 4 is 11.3 Å². The van der Waals surface area contributed by atoms with Gasteiger partial charge in [0.25, 0.3) is 0 Å². The Morgan fingerprint density at radius 2 is 2.25 bits per heavy atom. The van der Waals surface area contributed by atoms with Crippen LogP contribution in [-0.4, -0.2) is 0 Å². The number of hydrogen-bond acceptors (Lipinski definition) is 2. The van der Waals surface area contributed by atoms with E-state index in [1.54, 1.807) is 11.3 Å². The molecule has 0 aliphatic rings. The maximum Gasteiger partial charge on any atom is 0.145 e. The molecule has 0 saturated heterocycles. The predicted octanol–water partition coefficient (Wildman–Crippen LogP) is 3.43. The van der Waals surface area contributed by atoms with E-state index in [0.29, 0.717) is 0 Å². The van der Waals surface area contributed by atoms with Crippen molar-refractivity contribution in [3.8, 4) is 10.6 Å². The molecule has 0 aliphatic carbocycles. The summed E-state index contributed by atoms with van der Waals surface area (Å²) in [6, 6.07) is 7.02. The van der Waals surface area contributed by atoms with Crippen LogP contribution < -0.4 is 0 Å². The Balaban J connectivity index is 2.50. The SMILES string of the molecule is Cc1[c]cc(-c2sccc2C)o1.